The van der Waals surface area contributed by atoms with Crippen LogP contribution in [0.3, 0.4) is 0 Å². The number of rotatable bonds is 2. The first-order valence-corrected chi connectivity index (χ1v) is 7.28. The first-order chi connectivity index (χ1) is 11.2. The van der Waals surface area contributed by atoms with Crippen molar-refractivity contribution < 1.29 is 10.2 Å². The van der Waals surface area contributed by atoms with E-state index in [4.69, 9.17) is 0 Å². The molecule has 4 aromatic rings. The molecule has 1 heterocycles. The number of hydrogen-bond acceptors (Lipinski definition) is 3. The fourth-order valence-corrected chi connectivity index (χ4v) is 2.79. The molecule has 0 atom stereocenters. The van der Waals surface area contributed by atoms with Gasteiger partial charge in [-0.3, -0.25) is 0 Å². The third kappa shape index (κ3) is 2.21. The van der Waals surface area contributed by atoms with Gasteiger partial charge >= 0.3 is 0 Å². The number of nitrogens with zero attached hydrogens (tertiary/aromatic N) is 2. The number of phenolic OH excluding ortho intramolecular Hbond substituents is 2. The van der Waals surface area contributed by atoms with E-state index >= 15 is 0 Å². The number of phenols is 2. The number of aromatic nitrogens is 1. The predicted octanol–water partition coefficient (Wildman–Crippen LogP) is 4.09. The van der Waals surface area contributed by atoms with E-state index in [1.807, 2.05) is 41.1 Å². The Morgan fingerprint density at radius 3 is 2.04 bits per heavy atom. The van der Waals surface area contributed by atoms with Crippen LogP contribution in [-0.2, 0) is 0 Å². The molecule has 4 nitrogen and oxygen atoms in total. The van der Waals surface area contributed by atoms with Crippen LogP contribution in [0.25, 0.3) is 21.8 Å². The van der Waals surface area contributed by atoms with Crippen molar-refractivity contribution in [2.45, 2.75) is 0 Å². The molecule has 0 saturated heterocycles. The van der Waals surface area contributed by atoms with Gasteiger partial charge in [-0.2, -0.15) is 5.10 Å². The summed E-state index contributed by atoms with van der Waals surface area (Å²) in [6, 6.07) is 20.5. The van der Waals surface area contributed by atoms with Crippen molar-refractivity contribution in [3.63, 3.8) is 0 Å². The number of aromatic hydroxyl groups is 2. The van der Waals surface area contributed by atoms with Crippen LogP contribution in [0.15, 0.2) is 71.8 Å². The van der Waals surface area contributed by atoms with Crippen molar-refractivity contribution in [1.29, 1.82) is 0 Å². The third-order valence-corrected chi connectivity index (χ3v) is 3.88. The molecule has 0 bridgehead atoms. The van der Waals surface area contributed by atoms with Crippen LogP contribution in [0.1, 0.15) is 5.56 Å². The fourth-order valence-electron chi connectivity index (χ4n) is 2.79. The molecule has 1 aromatic heterocycles. The summed E-state index contributed by atoms with van der Waals surface area (Å²) in [6.45, 7) is 0. The van der Waals surface area contributed by atoms with E-state index in [0.717, 1.165) is 21.8 Å². The van der Waals surface area contributed by atoms with Crippen molar-refractivity contribution >= 4 is 28.0 Å². The Bertz CT molecular complexity index is 995. The van der Waals surface area contributed by atoms with Crippen LogP contribution in [-0.4, -0.2) is 21.1 Å². The number of benzene rings is 3. The molecule has 0 aliphatic rings. The fraction of sp³-hybridized carbons (Fsp3) is 0. The molecule has 3 aromatic carbocycles. The van der Waals surface area contributed by atoms with Crippen LogP contribution in [0.4, 0.5) is 0 Å². The van der Waals surface area contributed by atoms with Crippen molar-refractivity contribution in [3.05, 3.63) is 72.3 Å². The summed E-state index contributed by atoms with van der Waals surface area (Å²) in [7, 11) is 0. The lowest BCUT2D eigenvalue weighted by atomic mass is 10.2. The van der Waals surface area contributed by atoms with Gasteiger partial charge < -0.3 is 10.2 Å². The molecule has 4 rings (SSSR count). The molecule has 4 heteroatoms. The summed E-state index contributed by atoms with van der Waals surface area (Å²) in [6.07, 6.45) is 1.55. The Labute approximate surface area is 132 Å². The van der Waals surface area contributed by atoms with E-state index in [1.165, 1.54) is 18.2 Å². The molecule has 112 valence electrons. The van der Waals surface area contributed by atoms with Gasteiger partial charge in [-0.05, 0) is 30.3 Å². The second kappa shape index (κ2) is 5.18. The maximum absolute atomic E-state index is 9.88. The molecule has 0 spiro atoms. The van der Waals surface area contributed by atoms with Crippen LogP contribution >= 0.6 is 0 Å². The minimum atomic E-state index is 0.0762. The highest BCUT2D eigenvalue weighted by atomic mass is 16.3. The summed E-state index contributed by atoms with van der Waals surface area (Å²) in [5.41, 5.74) is 2.45. The molecular weight excluding hydrogens is 288 g/mol. The highest BCUT2D eigenvalue weighted by Crippen LogP contribution is 2.28. The van der Waals surface area contributed by atoms with Crippen LogP contribution in [0.2, 0.25) is 0 Å². The highest BCUT2D eigenvalue weighted by Gasteiger charge is 2.08. The molecule has 23 heavy (non-hydrogen) atoms. The monoisotopic (exact) mass is 302 g/mol. The van der Waals surface area contributed by atoms with Crippen LogP contribution in [0.5, 0.6) is 11.5 Å². The van der Waals surface area contributed by atoms with Gasteiger partial charge in [0.2, 0.25) is 0 Å². The van der Waals surface area contributed by atoms with Crippen molar-refractivity contribution in [2.24, 2.45) is 5.10 Å². The van der Waals surface area contributed by atoms with Gasteiger partial charge in [-0.1, -0.05) is 36.4 Å². The lowest BCUT2D eigenvalue weighted by molar-refractivity contribution is 0.459. The minimum absolute atomic E-state index is 0.0762. The largest absolute Gasteiger partial charge is 0.508 e. The highest BCUT2D eigenvalue weighted by molar-refractivity contribution is 6.08. The summed E-state index contributed by atoms with van der Waals surface area (Å²) in [5, 5.41) is 26.2. The molecular formula is C19H14N2O2. The Balaban J connectivity index is 1.94. The van der Waals surface area contributed by atoms with Gasteiger partial charge in [0, 0.05) is 16.3 Å². The van der Waals surface area contributed by atoms with Gasteiger partial charge in [0.25, 0.3) is 0 Å². The summed E-state index contributed by atoms with van der Waals surface area (Å²) in [4.78, 5) is 0. The van der Waals surface area contributed by atoms with Crippen LogP contribution < -0.4 is 0 Å². The Morgan fingerprint density at radius 2 is 1.39 bits per heavy atom. The molecule has 0 aliphatic carbocycles. The molecule has 0 aliphatic heterocycles. The minimum Gasteiger partial charge on any atom is -0.508 e. The quantitative estimate of drug-likeness (QED) is 0.433. The van der Waals surface area contributed by atoms with Gasteiger partial charge in [0.15, 0.2) is 0 Å². The smallest absolute Gasteiger partial charge is 0.124 e. The first-order valence-electron chi connectivity index (χ1n) is 7.28. The lowest BCUT2D eigenvalue weighted by Crippen LogP contribution is -1.91. The SMILES string of the molecule is Oc1ccc(O)c(/C=N/n2c3ccccc3c3ccccc32)c1. The maximum atomic E-state index is 9.88. The number of fused-ring (bicyclic) bond motifs is 3. The average molecular weight is 302 g/mol. The first kappa shape index (κ1) is 13.4. The van der Waals surface area contributed by atoms with Gasteiger partial charge in [0.05, 0.1) is 17.2 Å². The van der Waals surface area contributed by atoms with Crippen molar-refractivity contribution in [2.75, 3.05) is 0 Å². The predicted molar refractivity (Wildman–Crippen MR) is 92.2 cm³/mol. The van der Waals surface area contributed by atoms with Gasteiger partial charge in [0.1, 0.15) is 11.5 Å². The van der Waals surface area contributed by atoms with Crippen molar-refractivity contribution in [1.82, 2.24) is 4.68 Å². The van der Waals surface area contributed by atoms with E-state index in [-0.39, 0.29) is 11.5 Å². The van der Waals surface area contributed by atoms with E-state index in [9.17, 15) is 10.2 Å². The summed E-state index contributed by atoms with van der Waals surface area (Å²) >= 11 is 0. The van der Waals surface area contributed by atoms with E-state index in [1.54, 1.807) is 6.21 Å². The van der Waals surface area contributed by atoms with Gasteiger partial charge in [-0.15, -0.1) is 0 Å². The third-order valence-electron chi connectivity index (χ3n) is 3.88. The van der Waals surface area contributed by atoms with Crippen molar-refractivity contribution in [3.8, 4) is 11.5 Å². The standard InChI is InChI=1S/C19H14N2O2/c22-14-9-10-19(23)13(11-14)12-20-21-17-7-3-1-5-15(17)16-6-2-4-8-18(16)21/h1-12,22-23H/b20-12+. The summed E-state index contributed by atoms with van der Waals surface area (Å²) in [5.74, 6) is 0.166. The number of para-hydroxylation sites is 2. The second-order valence-electron chi connectivity index (χ2n) is 5.33. The topological polar surface area (TPSA) is 57.8 Å². The Kier molecular flexibility index (Phi) is 3.01. The lowest BCUT2D eigenvalue weighted by Gasteiger charge is -2.02. The molecule has 0 amide bonds. The Morgan fingerprint density at radius 1 is 0.783 bits per heavy atom. The molecule has 0 radical (unpaired) electrons. The normalized spacial score (nSPS) is 11.7. The molecule has 0 unspecified atom stereocenters. The molecule has 0 fully saturated rings. The Hall–Kier alpha value is -3.27. The zero-order valence-corrected chi connectivity index (χ0v) is 12.2. The average Bonchev–Trinajstić information content (AvgIpc) is 2.90. The van der Waals surface area contributed by atoms with Crippen LogP contribution in [0, 0.1) is 0 Å². The zero-order valence-electron chi connectivity index (χ0n) is 12.2. The van der Waals surface area contributed by atoms with Gasteiger partial charge in [-0.25, -0.2) is 4.68 Å². The molecule has 0 saturated carbocycles. The second-order valence-corrected chi connectivity index (χ2v) is 5.33. The summed E-state index contributed by atoms with van der Waals surface area (Å²) < 4.78 is 1.84. The van der Waals surface area contributed by atoms with E-state index in [0.29, 0.717) is 5.56 Å². The zero-order chi connectivity index (χ0) is 15.8. The van der Waals surface area contributed by atoms with E-state index < -0.39 is 0 Å². The number of hydrogen-bond donors (Lipinski definition) is 2. The molecule has 2 N–H and O–H groups in total. The van der Waals surface area contributed by atoms with E-state index in [2.05, 4.69) is 17.2 Å². The maximum Gasteiger partial charge on any atom is 0.124 e.